The first-order valence-electron chi connectivity index (χ1n) is 8.17. The Bertz CT molecular complexity index is 847. The van der Waals surface area contributed by atoms with Crippen molar-refractivity contribution in [3.63, 3.8) is 0 Å². The fraction of sp³-hybridized carbons (Fsp3) is 0.263. The molecule has 0 spiro atoms. The lowest BCUT2D eigenvalue weighted by atomic mass is 10.2. The zero-order valence-electron chi connectivity index (χ0n) is 14.5. The Morgan fingerprint density at radius 2 is 2.00 bits per heavy atom. The van der Waals surface area contributed by atoms with E-state index in [-0.39, 0.29) is 12.0 Å². The van der Waals surface area contributed by atoms with Crippen LogP contribution in [-0.2, 0) is 6.54 Å². The number of rotatable bonds is 6. The molecule has 1 aromatic carbocycles. The number of furan rings is 1. The molecule has 0 aliphatic rings. The van der Waals surface area contributed by atoms with Gasteiger partial charge in [-0.3, -0.25) is 9.89 Å². The lowest BCUT2D eigenvalue weighted by molar-refractivity contribution is 0.0946. The summed E-state index contributed by atoms with van der Waals surface area (Å²) >= 11 is 0. The number of benzene rings is 1. The molecule has 25 heavy (non-hydrogen) atoms. The number of H-pyrrole nitrogens is 1. The van der Waals surface area contributed by atoms with Crippen LogP contribution >= 0.6 is 0 Å². The molecule has 0 bridgehead atoms. The molecule has 2 heterocycles. The second-order valence-electron chi connectivity index (χ2n) is 6.07. The van der Waals surface area contributed by atoms with E-state index in [1.165, 1.54) is 0 Å². The molecule has 0 fully saturated rings. The van der Waals surface area contributed by atoms with Crippen molar-refractivity contribution in [2.24, 2.45) is 0 Å². The number of aryl methyl sites for hydroxylation is 1. The van der Waals surface area contributed by atoms with Crippen molar-refractivity contribution in [1.29, 1.82) is 0 Å². The molecule has 0 saturated carbocycles. The van der Waals surface area contributed by atoms with Gasteiger partial charge < -0.3 is 14.5 Å². The van der Waals surface area contributed by atoms with Crippen LogP contribution in [-0.4, -0.2) is 22.2 Å². The monoisotopic (exact) mass is 339 g/mol. The molecule has 3 aromatic rings. The second-order valence-corrected chi connectivity index (χ2v) is 6.07. The van der Waals surface area contributed by atoms with Crippen LogP contribution in [0.2, 0.25) is 0 Å². The number of aromatic nitrogens is 2. The molecule has 130 valence electrons. The van der Waals surface area contributed by atoms with E-state index in [2.05, 4.69) is 15.5 Å². The summed E-state index contributed by atoms with van der Waals surface area (Å²) in [7, 11) is 0. The van der Waals surface area contributed by atoms with Crippen LogP contribution in [0.5, 0.6) is 5.75 Å². The number of ether oxygens (including phenoxy) is 1. The van der Waals surface area contributed by atoms with Gasteiger partial charge in [-0.25, -0.2) is 0 Å². The first-order chi connectivity index (χ1) is 12.0. The Morgan fingerprint density at radius 1 is 1.24 bits per heavy atom. The van der Waals surface area contributed by atoms with Gasteiger partial charge in [0.15, 0.2) is 11.5 Å². The van der Waals surface area contributed by atoms with Gasteiger partial charge in [-0.05, 0) is 50.6 Å². The summed E-state index contributed by atoms with van der Waals surface area (Å²) < 4.78 is 11.1. The third kappa shape index (κ3) is 4.29. The van der Waals surface area contributed by atoms with Crippen LogP contribution in [0.25, 0.3) is 11.5 Å². The van der Waals surface area contributed by atoms with E-state index in [1.54, 1.807) is 6.07 Å². The number of hydrogen-bond acceptors (Lipinski definition) is 4. The molecule has 0 aliphatic heterocycles. The molecule has 0 aliphatic carbocycles. The van der Waals surface area contributed by atoms with Crippen LogP contribution in [0.15, 0.2) is 46.9 Å². The number of nitrogens with zero attached hydrogens (tertiary/aromatic N) is 1. The number of hydrogen-bond donors (Lipinski definition) is 2. The maximum Gasteiger partial charge on any atom is 0.272 e. The Kier molecular flexibility index (Phi) is 4.88. The molecule has 0 atom stereocenters. The molecular weight excluding hydrogens is 318 g/mol. The SMILES string of the molecule is Cc1ccc(-c2cc(C(=O)NCc3ccc(OC(C)C)cc3)n[nH]2)o1. The molecule has 0 radical (unpaired) electrons. The first-order valence-corrected chi connectivity index (χ1v) is 8.17. The van der Waals surface area contributed by atoms with E-state index in [1.807, 2.05) is 57.2 Å². The van der Waals surface area contributed by atoms with Gasteiger partial charge in [0.2, 0.25) is 0 Å². The summed E-state index contributed by atoms with van der Waals surface area (Å²) in [5, 5.41) is 9.72. The average molecular weight is 339 g/mol. The Balaban J connectivity index is 1.58. The fourth-order valence-corrected chi connectivity index (χ4v) is 2.37. The fourth-order valence-electron chi connectivity index (χ4n) is 2.37. The minimum atomic E-state index is -0.242. The largest absolute Gasteiger partial charge is 0.491 e. The van der Waals surface area contributed by atoms with E-state index < -0.39 is 0 Å². The number of carbonyl (C=O) groups is 1. The summed E-state index contributed by atoms with van der Waals surface area (Å²) in [5.41, 5.74) is 1.99. The predicted molar refractivity (Wildman–Crippen MR) is 94.4 cm³/mol. The number of aromatic amines is 1. The van der Waals surface area contributed by atoms with Crippen LogP contribution in [0.1, 0.15) is 35.7 Å². The van der Waals surface area contributed by atoms with E-state index in [4.69, 9.17) is 9.15 Å². The van der Waals surface area contributed by atoms with Gasteiger partial charge in [0.05, 0.1) is 6.10 Å². The average Bonchev–Trinajstić information content (AvgIpc) is 3.22. The molecular formula is C19H21N3O3. The van der Waals surface area contributed by atoms with Gasteiger partial charge in [-0.1, -0.05) is 12.1 Å². The van der Waals surface area contributed by atoms with Gasteiger partial charge in [0.25, 0.3) is 5.91 Å². The normalized spacial score (nSPS) is 10.9. The minimum Gasteiger partial charge on any atom is -0.491 e. The predicted octanol–water partition coefficient (Wildman–Crippen LogP) is 3.70. The zero-order chi connectivity index (χ0) is 17.8. The van der Waals surface area contributed by atoms with E-state index in [0.717, 1.165) is 17.1 Å². The van der Waals surface area contributed by atoms with Crippen LogP contribution in [0, 0.1) is 6.92 Å². The van der Waals surface area contributed by atoms with Crippen LogP contribution in [0.3, 0.4) is 0 Å². The summed E-state index contributed by atoms with van der Waals surface area (Å²) in [6, 6.07) is 13.0. The zero-order valence-corrected chi connectivity index (χ0v) is 14.5. The van der Waals surface area contributed by atoms with Crippen molar-refractivity contribution in [3.8, 4) is 17.2 Å². The molecule has 2 aromatic heterocycles. The highest BCUT2D eigenvalue weighted by Crippen LogP contribution is 2.20. The molecule has 2 N–H and O–H groups in total. The van der Waals surface area contributed by atoms with Crippen molar-refractivity contribution >= 4 is 5.91 Å². The minimum absolute atomic E-state index is 0.136. The quantitative estimate of drug-likeness (QED) is 0.718. The van der Waals surface area contributed by atoms with Gasteiger partial charge >= 0.3 is 0 Å². The molecule has 0 unspecified atom stereocenters. The second kappa shape index (κ2) is 7.25. The maximum absolute atomic E-state index is 12.2. The van der Waals surface area contributed by atoms with Crippen molar-refractivity contribution in [1.82, 2.24) is 15.5 Å². The highest BCUT2D eigenvalue weighted by atomic mass is 16.5. The highest BCUT2D eigenvalue weighted by Gasteiger charge is 2.13. The first kappa shape index (κ1) is 16.8. The van der Waals surface area contributed by atoms with Gasteiger partial charge in [0.1, 0.15) is 17.2 Å². The van der Waals surface area contributed by atoms with Crippen molar-refractivity contribution in [2.75, 3.05) is 0 Å². The van der Waals surface area contributed by atoms with E-state index in [0.29, 0.717) is 23.7 Å². The van der Waals surface area contributed by atoms with Gasteiger partial charge in [0, 0.05) is 12.6 Å². The highest BCUT2D eigenvalue weighted by molar-refractivity contribution is 5.93. The van der Waals surface area contributed by atoms with E-state index >= 15 is 0 Å². The summed E-state index contributed by atoms with van der Waals surface area (Å²) in [6.45, 7) is 6.25. The molecule has 3 rings (SSSR count). The Morgan fingerprint density at radius 3 is 2.64 bits per heavy atom. The Labute approximate surface area is 146 Å². The third-order valence-electron chi connectivity index (χ3n) is 3.56. The lowest BCUT2D eigenvalue weighted by Gasteiger charge is -2.10. The van der Waals surface area contributed by atoms with E-state index in [9.17, 15) is 4.79 Å². The van der Waals surface area contributed by atoms with Crippen LogP contribution in [0.4, 0.5) is 0 Å². The third-order valence-corrected chi connectivity index (χ3v) is 3.56. The lowest BCUT2D eigenvalue weighted by Crippen LogP contribution is -2.23. The van der Waals surface area contributed by atoms with Gasteiger partial charge in [-0.2, -0.15) is 5.10 Å². The van der Waals surface area contributed by atoms with Crippen LogP contribution < -0.4 is 10.1 Å². The summed E-state index contributed by atoms with van der Waals surface area (Å²) in [4.78, 5) is 12.2. The topological polar surface area (TPSA) is 80.1 Å². The van der Waals surface area contributed by atoms with Gasteiger partial charge in [-0.15, -0.1) is 0 Å². The molecule has 6 nitrogen and oxygen atoms in total. The molecule has 6 heteroatoms. The molecule has 0 saturated heterocycles. The smallest absolute Gasteiger partial charge is 0.272 e. The van der Waals surface area contributed by atoms with Crippen molar-refractivity contribution in [3.05, 3.63) is 59.5 Å². The number of nitrogens with one attached hydrogen (secondary N) is 2. The Hall–Kier alpha value is -3.02. The standard InChI is InChI=1S/C19H21N3O3/c1-12(2)24-15-7-5-14(6-8-15)11-20-19(23)17-10-16(21-22-17)18-9-4-13(3)25-18/h4-10,12H,11H2,1-3H3,(H,20,23)(H,21,22). The maximum atomic E-state index is 12.2. The summed E-state index contributed by atoms with van der Waals surface area (Å²) in [5.74, 6) is 2.04. The summed E-state index contributed by atoms with van der Waals surface area (Å²) in [6.07, 6.45) is 0.136. The van der Waals surface area contributed by atoms with Crippen molar-refractivity contribution < 1.29 is 13.9 Å². The number of carbonyl (C=O) groups excluding carboxylic acids is 1. The molecule has 1 amide bonds. The van der Waals surface area contributed by atoms with Crippen molar-refractivity contribution in [2.45, 2.75) is 33.4 Å². The number of amides is 1.